The summed E-state index contributed by atoms with van der Waals surface area (Å²) < 4.78 is 5.96. The molecule has 1 N–H and O–H groups in total. The number of hydrogen-bond donors (Lipinski definition) is 1. The first-order chi connectivity index (χ1) is 13.0. The third-order valence-electron chi connectivity index (χ3n) is 5.70. The van der Waals surface area contributed by atoms with Crippen molar-refractivity contribution in [3.8, 4) is 17.6 Å². The zero-order valence-corrected chi connectivity index (χ0v) is 18.9. The first kappa shape index (κ1) is 23.0. The minimum absolute atomic E-state index is 0. The summed E-state index contributed by atoms with van der Waals surface area (Å²) in [7, 11) is 0. The molecule has 28 heavy (non-hydrogen) atoms. The van der Waals surface area contributed by atoms with E-state index in [0.29, 0.717) is 6.61 Å². The largest absolute Gasteiger partial charge is 1.00 e. The van der Waals surface area contributed by atoms with Crippen molar-refractivity contribution in [3.05, 3.63) is 41.5 Å². The number of ether oxygens (including phenoxy) is 1. The van der Waals surface area contributed by atoms with Gasteiger partial charge in [0, 0.05) is 12.4 Å². The first-order valence-corrected chi connectivity index (χ1v) is 9.73. The second-order valence-electron chi connectivity index (χ2n) is 7.80. The standard InChI is InChI=1S/C23H28O4.Na/c1-2-4-19(13-22(25)26)18-6-8-21(9-7-18)27-16-17-5-3-11-23(14-17)12-10-20(24)15-23;/h6-9,14,19-20,24H,3,5,10-13,15-16H2,1H3,(H,25,26);/q;+1/p-1/t19-,20+,23-;/m0./s1. The van der Waals surface area contributed by atoms with E-state index in [1.54, 1.807) is 6.92 Å². The predicted octanol–water partition coefficient (Wildman–Crippen LogP) is -0.0422. The maximum atomic E-state index is 10.9. The van der Waals surface area contributed by atoms with E-state index < -0.39 is 5.97 Å². The Balaban J connectivity index is 0.00000280. The molecule has 0 saturated heterocycles. The fourth-order valence-electron chi connectivity index (χ4n) is 4.41. The molecule has 1 fully saturated rings. The van der Waals surface area contributed by atoms with Gasteiger partial charge in [0.1, 0.15) is 12.4 Å². The van der Waals surface area contributed by atoms with E-state index in [1.165, 1.54) is 12.0 Å². The quantitative estimate of drug-likeness (QED) is 0.420. The Morgan fingerprint density at radius 3 is 2.71 bits per heavy atom. The second-order valence-corrected chi connectivity index (χ2v) is 7.80. The van der Waals surface area contributed by atoms with Crippen molar-refractivity contribution in [1.29, 1.82) is 0 Å². The van der Waals surface area contributed by atoms with E-state index in [9.17, 15) is 15.0 Å². The zero-order chi connectivity index (χ0) is 19.3. The zero-order valence-electron chi connectivity index (χ0n) is 16.9. The van der Waals surface area contributed by atoms with Crippen molar-refractivity contribution in [2.24, 2.45) is 5.41 Å². The molecule has 0 amide bonds. The van der Waals surface area contributed by atoms with Crippen LogP contribution in [-0.2, 0) is 4.79 Å². The van der Waals surface area contributed by atoms with Crippen molar-refractivity contribution < 1.29 is 49.3 Å². The fourth-order valence-corrected chi connectivity index (χ4v) is 4.41. The Morgan fingerprint density at radius 1 is 1.36 bits per heavy atom. The summed E-state index contributed by atoms with van der Waals surface area (Å²) in [6.45, 7) is 2.27. The van der Waals surface area contributed by atoms with Gasteiger partial charge in [-0.05, 0) is 74.1 Å². The number of allylic oxidation sites excluding steroid dienone is 1. The molecule has 4 nitrogen and oxygen atoms in total. The molecule has 2 aliphatic carbocycles. The SMILES string of the molecule is CC#C[C@@H](CC(=O)[O-])c1ccc(OCC2=C[C@]3(CCC2)CC[C@@H](O)C3)cc1.[Na+]. The molecule has 0 heterocycles. The van der Waals surface area contributed by atoms with E-state index in [1.807, 2.05) is 24.3 Å². The molecule has 144 valence electrons. The van der Waals surface area contributed by atoms with Crippen LogP contribution in [0.3, 0.4) is 0 Å². The van der Waals surface area contributed by atoms with Gasteiger partial charge in [-0.1, -0.05) is 24.1 Å². The van der Waals surface area contributed by atoms with Crippen LogP contribution >= 0.6 is 0 Å². The summed E-state index contributed by atoms with van der Waals surface area (Å²) in [5.74, 6) is 5.02. The van der Waals surface area contributed by atoms with E-state index >= 15 is 0 Å². The van der Waals surface area contributed by atoms with Crippen molar-refractivity contribution in [2.45, 2.75) is 63.9 Å². The third kappa shape index (κ3) is 6.12. The van der Waals surface area contributed by atoms with E-state index in [4.69, 9.17) is 4.74 Å². The normalized spacial score (nSPS) is 24.5. The van der Waals surface area contributed by atoms with Gasteiger partial charge >= 0.3 is 29.6 Å². The van der Waals surface area contributed by atoms with Crippen molar-refractivity contribution in [3.63, 3.8) is 0 Å². The minimum atomic E-state index is -1.10. The molecule has 3 atom stereocenters. The van der Waals surface area contributed by atoms with Crippen molar-refractivity contribution in [2.75, 3.05) is 6.61 Å². The van der Waals surface area contributed by atoms with E-state index in [-0.39, 0.29) is 53.4 Å². The average molecular weight is 390 g/mol. The number of carbonyl (C=O) groups is 1. The number of aliphatic hydroxyl groups excluding tert-OH is 1. The van der Waals surface area contributed by atoms with Crippen LogP contribution in [0.1, 0.15) is 63.4 Å². The number of benzene rings is 1. The number of carboxylic acid groups (broad SMARTS) is 1. The van der Waals surface area contributed by atoms with Gasteiger partial charge in [-0.25, -0.2) is 0 Å². The Kier molecular flexibility index (Phi) is 8.64. The Labute approximate surface area is 189 Å². The number of aliphatic hydroxyl groups is 1. The number of hydrogen-bond acceptors (Lipinski definition) is 4. The minimum Gasteiger partial charge on any atom is -0.550 e. The summed E-state index contributed by atoms with van der Waals surface area (Å²) in [5.41, 5.74) is 2.35. The van der Waals surface area contributed by atoms with Crippen LogP contribution in [-0.4, -0.2) is 23.8 Å². The van der Waals surface area contributed by atoms with Crippen LogP contribution in [0.2, 0.25) is 0 Å². The van der Waals surface area contributed by atoms with E-state index in [0.717, 1.165) is 43.4 Å². The molecule has 0 aliphatic heterocycles. The monoisotopic (exact) mass is 390 g/mol. The van der Waals surface area contributed by atoms with Crippen molar-refractivity contribution in [1.82, 2.24) is 0 Å². The van der Waals surface area contributed by atoms with Crippen LogP contribution in [0.4, 0.5) is 0 Å². The molecule has 1 aromatic rings. The average Bonchev–Trinajstić information content (AvgIpc) is 2.99. The number of rotatable bonds is 6. The molecule has 0 radical (unpaired) electrons. The Hall–Kier alpha value is -1.25. The van der Waals surface area contributed by atoms with Crippen molar-refractivity contribution >= 4 is 5.97 Å². The molecule has 1 saturated carbocycles. The summed E-state index contributed by atoms with van der Waals surface area (Å²) >= 11 is 0. The van der Waals surface area contributed by atoms with Gasteiger partial charge in [-0.2, -0.15) is 0 Å². The number of carbonyl (C=O) groups excluding carboxylic acids is 1. The molecular formula is C23H27NaO4. The van der Waals surface area contributed by atoms with Gasteiger partial charge in [-0.3, -0.25) is 0 Å². The smallest absolute Gasteiger partial charge is 0.550 e. The first-order valence-electron chi connectivity index (χ1n) is 9.73. The van der Waals surface area contributed by atoms with Gasteiger partial charge in [0.25, 0.3) is 0 Å². The Bertz CT molecular complexity index is 759. The van der Waals surface area contributed by atoms with Crippen LogP contribution < -0.4 is 39.4 Å². The van der Waals surface area contributed by atoms with Gasteiger partial charge in [-0.15, -0.1) is 5.92 Å². The van der Waals surface area contributed by atoms with Gasteiger partial charge in [0.15, 0.2) is 0 Å². The Morgan fingerprint density at radius 2 is 2.11 bits per heavy atom. The number of aliphatic carboxylic acids is 1. The molecule has 3 rings (SSSR count). The summed E-state index contributed by atoms with van der Waals surface area (Å²) in [6, 6.07) is 7.48. The van der Waals surface area contributed by atoms with E-state index in [2.05, 4.69) is 17.9 Å². The maximum absolute atomic E-state index is 10.9. The number of carboxylic acids is 1. The fraction of sp³-hybridized carbons (Fsp3) is 0.522. The van der Waals surface area contributed by atoms with Crippen LogP contribution in [0.25, 0.3) is 0 Å². The second kappa shape index (κ2) is 10.5. The van der Waals surface area contributed by atoms with Crippen LogP contribution in [0, 0.1) is 17.3 Å². The van der Waals surface area contributed by atoms with Crippen LogP contribution in [0.5, 0.6) is 5.75 Å². The predicted molar refractivity (Wildman–Crippen MR) is 102 cm³/mol. The van der Waals surface area contributed by atoms with Gasteiger partial charge in [0.2, 0.25) is 0 Å². The molecule has 2 aliphatic rings. The third-order valence-corrected chi connectivity index (χ3v) is 5.70. The molecule has 5 heteroatoms. The molecule has 0 bridgehead atoms. The van der Waals surface area contributed by atoms with Crippen LogP contribution in [0.15, 0.2) is 35.9 Å². The summed E-state index contributed by atoms with van der Waals surface area (Å²) in [5, 5.41) is 20.8. The molecule has 0 unspecified atom stereocenters. The molecule has 1 spiro atoms. The summed E-state index contributed by atoms with van der Waals surface area (Å²) in [4.78, 5) is 10.9. The van der Waals surface area contributed by atoms with Gasteiger partial charge in [0.05, 0.1) is 12.0 Å². The molecular weight excluding hydrogens is 363 g/mol. The van der Waals surface area contributed by atoms with Gasteiger partial charge < -0.3 is 19.7 Å². The summed E-state index contributed by atoms with van der Waals surface area (Å²) in [6.07, 6.45) is 8.32. The topological polar surface area (TPSA) is 69.6 Å². The maximum Gasteiger partial charge on any atom is 1.00 e. The molecule has 0 aromatic heterocycles. The molecule has 1 aromatic carbocycles.